The Morgan fingerprint density at radius 2 is 2.04 bits per heavy atom. The highest BCUT2D eigenvalue weighted by molar-refractivity contribution is 8.00. The molecule has 0 aliphatic carbocycles. The Hall–Kier alpha value is -2.27. The Bertz CT molecular complexity index is 775. The number of carbonyl (C=O) groups is 2. The molecule has 0 unspecified atom stereocenters. The fourth-order valence-electron chi connectivity index (χ4n) is 2.85. The second-order valence-corrected chi connectivity index (χ2v) is 6.83. The molecule has 1 N–H and O–H groups in total. The number of carbonyl (C=O) groups excluding carboxylic acids is 2. The Balaban J connectivity index is 1.94. The lowest BCUT2D eigenvalue weighted by Crippen LogP contribution is -2.27. The minimum absolute atomic E-state index is 0.0710. The molecule has 1 saturated heterocycles. The Kier molecular flexibility index (Phi) is 4.90. The first-order valence-corrected chi connectivity index (χ1v) is 9.03. The maximum atomic E-state index is 12.5. The van der Waals surface area contributed by atoms with Crippen LogP contribution < -0.4 is 10.2 Å². The molecular weight excluding hydrogens is 320 g/mol. The number of nitrogens with zero attached hydrogens (tertiary/aromatic N) is 1. The zero-order valence-corrected chi connectivity index (χ0v) is 14.6. The van der Waals surface area contributed by atoms with E-state index >= 15 is 0 Å². The van der Waals surface area contributed by atoms with E-state index in [9.17, 15) is 9.59 Å². The summed E-state index contributed by atoms with van der Waals surface area (Å²) in [5.74, 6) is 0.476. The maximum Gasteiger partial charge on any atom is 0.238 e. The van der Waals surface area contributed by atoms with Gasteiger partial charge in [0.15, 0.2) is 0 Å². The van der Waals surface area contributed by atoms with Crippen molar-refractivity contribution in [2.24, 2.45) is 0 Å². The van der Waals surface area contributed by atoms with Gasteiger partial charge in [-0.05, 0) is 41.8 Å². The summed E-state index contributed by atoms with van der Waals surface area (Å²) < 4.78 is 0. The topological polar surface area (TPSA) is 49.4 Å². The number of nitrogens with one attached hydrogen (secondary N) is 1. The molecule has 0 aromatic heterocycles. The molecule has 1 fully saturated rings. The molecular formula is C19H20N2O2S. The van der Waals surface area contributed by atoms with Gasteiger partial charge in [0.2, 0.25) is 11.8 Å². The Morgan fingerprint density at radius 1 is 1.25 bits per heavy atom. The molecule has 124 valence electrons. The van der Waals surface area contributed by atoms with Crippen molar-refractivity contribution in [1.29, 1.82) is 0 Å². The minimum Gasteiger partial charge on any atom is -0.326 e. The first kappa shape index (κ1) is 16.6. The average molecular weight is 340 g/mol. The van der Waals surface area contributed by atoms with Crippen molar-refractivity contribution < 1.29 is 9.59 Å². The van der Waals surface area contributed by atoms with Crippen LogP contribution in [0.1, 0.15) is 30.3 Å². The SMILES string of the molecule is CCc1cccc(N2C(=O)CS[C@H]2c2cccc(NC(C)=O)c2)c1. The van der Waals surface area contributed by atoms with E-state index < -0.39 is 0 Å². The zero-order valence-electron chi connectivity index (χ0n) is 13.8. The van der Waals surface area contributed by atoms with Crippen LogP contribution >= 0.6 is 11.8 Å². The van der Waals surface area contributed by atoms with Gasteiger partial charge in [-0.3, -0.25) is 14.5 Å². The van der Waals surface area contributed by atoms with Gasteiger partial charge in [-0.2, -0.15) is 0 Å². The number of aryl methyl sites for hydroxylation is 1. The third-order valence-electron chi connectivity index (χ3n) is 3.96. The standard InChI is InChI=1S/C19H20N2O2S/c1-3-14-6-4-9-17(10-14)21-18(23)12-24-19(21)15-7-5-8-16(11-15)20-13(2)22/h4-11,19H,3,12H2,1-2H3,(H,20,22)/t19-/m0/s1. The summed E-state index contributed by atoms with van der Waals surface area (Å²) in [6, 6.07) is 15.8. The van der Waals surface area contributed by atoms with Gasteiger partial charge in [-0.15, -0.1) is 11.8 Å². The number of benzene rings is 2. The van der Waals surface area contributed by atoms with Crippen LogP contribution in [0.3, 0.4) is 0 Å². The second kappa shape index (κ2) is 7.09. The number of hydrogen-bond donors (Lipinski definition) is 1. The molecule has 1 atom stereocenters. The van der Waals surface area contributed by atoms with Gasteiger partial charge in [-0.25, -0.2) is 0 Å². The zero-order chi connectivity index (χ0) is 17.1. The van der Waals surface area contributed by atoms with E-state index in [-0.39, 0.29) is 17.2 Å². The van der Waals surface area contributed by atoms with Gasteiger partial charge >= 0.3 is 0 Å². The van der Waals surface area contributed by atoms with Crippen molar-refractivity contribution in [2.45, 2.75) is 25.6 Å². The first-order chi connectivity index (χ1) is 11.6. The predicted molar refractivity (Wildman–Crippen MR) is 99.3 cm³/mol. The lowest BCUT2D eigenvalue weighted by molar-refractivity contribution is -0.116. The van der Waals surface area contributed by atoms with Crippen molar-refractivity contribution >= 4 is 35.0 Å². The van der Waals surface area contributed by atoms with Crippen molar-refractivity contribution in [3.05, 3.63) is 59.7 Å². The first-order valence-electron chi connectivity index (χ1n) is 7.98. The largest absolute Gasteiger partial charge is 0.326 e. The fourth-order valence-corrected chi connectivity index (χ4v) is 4.02. The van der Waals surface area contributed by atoms with Crippen LogP contribution in [0.25, 0.3) is 0 Å². The quantitative estimate of drug-likeness (QED) is 0.916. The lowest BCUT2D eigenvalue weighted by atomic mass is 10.1. The summed E-state index contributed by atoms with van der Waals surface area (Å²) >= 11 is 1.61. The second-order valence-electron chi connectivity index (χ2n) is 5.76. The molecule has 5 heteroatoms. The van der Waals surface area contributed by atoms with Gasteiger partial charge < -0.3 is 5.32 Å². The van der Waals surface area contributed by atoms with E-state index in [4.69, 9.17) is 0 Å². The lowest BCUT2D eigenvalue weighted by Gasteiger charge is -2.25. The van der Waals surface area contributed by atoms with Crippen molar-refractivity contribution in [2.75, 3.05) is 16.0 Å². The molecule has 1 heterocycles. The monoisotopic (exact) mass is 340 g/mol. The van der Waals surface area contributed by atoms with E-state index in [0.717, 1.165) is 23.4 Å². The highest BCUT2D eigenvalue weighted by Gasteiger charge is 2.34. The molecule has 1 aliphatic rings. The highest BCUT2D eigenvalue weighted by atomic mass is 32.2. The minimum atomic E-state index is -0.102. The average Bonchev–Trinajstić information content (AvgIpc) is 2.96. The number of anilines is 2. The summed E-state index contributed by atoms with van der Waals surface area (Å²) in [5.41, 5.74) is 3.91. The third-order valence-corrected chi connectivity index (χ3v) is 5.17. The van der Waals surface area contributed by atoms with Crippen LogP contribution in [0.5, 0.6) is 0 Å². The number of rotatable bonds is 4. The molecule has 1 aliphatic heterocycles. The number of thioether (sulfide) groups is 1. The van der Waals surface area contributed by atoms with E-state index in [1.165, 1.54) is 12.5 Å². The van der Waals surface area contributed by atoms with Crippen molar-refractivity contribution in [1.82, 2.24) is 0 Å². The molecule has 0 saturated carbocycles. The van der Waals surface area contributed by atoms with Crippen molar-refractivity contribution in [3.8, 4) is 0 Å². The Labute approximate surface area is 146 Å². The molecule has 3 rings (SSSR count). The summed E-state index contributed by atoms with van der Waals surface area (Å²) in [6.45, 7) is 3.59. The van der Waals surface area contributed by atoms with Crippen LogP contribution in [-0.2, 0) is 16.0 Å². The van der Waals surface area contributed by atoms with Crippen LogP contribution in [0.15, 0.2) is 48.5 Å². The smallest absolute Gasteiger partial charge is 0.238 e. The van der Waals surface area contributed by atoms with Gasteiger partial charge in [0.05, 0.1) is 5.75 Å². The number of amides is 2. The van der Waals surface area contributed by atoms with E-state index in [2.05, 4.69) is 24.4 Å². The third kappa shape index (κ3) is 3.46. The van der Waals surface area contributed by atoms with Gasteiger partial charge in [0.25, 0.3) is 0 Å². The predicted octanol–water partition coefficient (Wildman–Crippen LogP) is 3.99. The van der Waals surface area contributed by atoms with Crippen LogP contribution in [0.2, 0.25) is 0 Å². The van der Waals surface area contributed by atoms with E-state index in [0.29, 0.717) is 5.75 Å². The van der Waals surface area contributed by atoms with Crippen LogP contribution in [0, 0.1) is 0 Å². The Morgan fingerprint density at radius 3 is 2.79 bits per heavy atom. The summed E-state index contributed by atoms with van der Waals surface area (Å²) in [6.07, 6.45) is 0.936. The molecule has 0 spiro atoms. The molecule has 2 aromatic rings. The molecule has 4 nitrogen and oxygen atoms in total. The van der Waals surface area contributed by atoms with E-state index in [1.54, 1.807) is 11.8 Å². The maximum absolute atomic E-state index is 12.5. The van der Waals surface area contributed by atoms with Gasteiger partial charge in [0.1, 0.15) is 5.37 Å². The van der Waals surface area contributed by atoms with Crippen molar-refractivity contribution in [3.63, 3.8) is 0 Å². The van der Waals surface area contributed by atoms with Gasteiger partial charge in [0, 0.05) is 18.3 Å². The van der Waals surface area contributed by atoms with Crippen LogP contribution in [0.4, 0.5) is 11.4 Å². The molecule has 2 aromatic carbocycles. The summed E-state index contributed by atoms with van der Waals surface area (Å²) in [7, 11) is 0. The fraction of sp³-hybridized carbons (Fsp3) is 0.263. The van der Waals surface area contributed by atoms with E-state index in [1.807, 2.05) is 41.3 Å². The molecule has 24 heavy (non-hydrogen) atoms. The molecule has 0 bridgehead atoms. The molecule has 2 amide bonds. The summed E-state index contributed by atoms with van der Waals surface area (Å²) in [4.78, 5) is 25.6. The normalized spacial score (nSPS) is 17.2. The summed E-state index contributed by atoms with van der Waals surface area (Å²) in [5, 5.41) is 2.73. The highest BCUT2D eigenvalue weighted by Crippen LogP contribution is 2.42. The van der Waals surface area contributed by atoms with Crippen LogP contribution in [-0.4, -0.2) is 17.6 Å². The van der Waals surface area contributed by atoms with Gasteiger partial charge in [-0.1, -0.05) is 31.2 Å². The molecule has 0 radical (unpaired) electrons. The number of hydrogen-bond acceptors (Lipinski definition) is 3.